The van der Waals surface area contributed by atoms with E-state index in [4.69, 9.17) is 10.5 Å². The van der Waals surface area contributed by atoms with Crippen LogP contribution in [-0.2, 0) is 4.79 Å². The van der Waals surface area contributed by atoms with Crippen molar-refractivity contribution in [2.24, 2.45) is 11.7 Å². The summed E-state index contributed by atoms with van der Waals surface area (Å²) in [6.07, 6.45) is 2.02. The molecule has 122 valence electrons. The van der Waals surface area contributed by atoms with Crippen LogP contribution >= 0.6 is 0 Å². The highest BCUT2D eigenvalue weighted by molar-refractivity contribution is 5.88. The Morgan fingerprint density at radius 1 is 1.26 bits per heavy atom. The maximum Gasteiger partial charge on any atom is 0.260 e. The van der Waals surface area contributed by atoms with Gasteiger partial charge in [-0.1, -0.05) is 43.3 Å². The molecule has 2 atom stereocenters. The normalized spacial score (nSPS) is 21.4. The van der Waals surface area contributed by atoms with Crippen LogP contribution in [0.4, 0.5) is 0 Å². The van der Waals surface area contributed by atoms with Crippen LogP contribution in [0.15, 0.2) is 42.5 Å². The van der Waals surface area contributed by atoms with Crippen LogP contribution in [0.3, 0.4) is 0 Å². The zero-order chi connectivity index (χ0) is 16.2. The molecule has 2 aromatic carbocycles. The molecule has 2 aromatic rings. The van der Waals surface area contributed by atoms with Crippen LogP contribution in [0.2, 0.25) is 0 Å². The van der Waals surface area contributed by atoms with Crippen molar-refractivity contribution in [3.05, 3.63) is 42.5 Å². The first-order chi connectivity index (χ1) is 11.2. The summed E-state index contributed by atoms with van der Waals surface area (Å²) in [6, 6.07) is 14.1. The van der Waals surface area contributed by atoms with Crippen molar-refractivity contribution in [2.75, 3.05) is 19.7 Å². The van der Waals surface area contributed by atoms with Crippen molar-refractivity contribution < 1.29 is 9.53 Å². The van der Waals surface area contributed by atoms with E-state index in [2.05, 4.69) is 6.92 Å². The Hall–Kier alpha value is -2.07. The Morgan fingerprint density at radius 2 is 2.04 bits per heavy atom. The highest BCUT2D eigenvalue weighted by atomic mass is 16.5. The molecular formula is C19H24N2O2. The summed E-state index contributed by atoms with van der Waals surface area (Å²) in [5, 5.41) is 2.15. The lowest BCUT2D eigenvalue weighted by Gasteiger charge is -2.37. The van der Waals surface area contributed by atoms with Gasteiger partial charge in [0.25, 0.3) is 5.91 Å². The number of hydrogen-bond acceptors (Lipinski definition) is 3. The van der Waals surface area contributed by atoms with Gasteiger partial charge in [-0.2, -0.15) is 0 Å². The van der Waals surface area contributed by atoms with Crippen molar-refractivity contribution in [2.45, 2.75) is 25.8 Å². The summed E-state index contributed by atoms with van der Waals surface area (Å²) < 4.78 is 5.82. The van der Waals surface area contributed by atoms with Crippen LogP contribution in [0.25, 0.3) is 10.8 Å². The second kappa shape index (κ2) is 7.01. The highest BCUT2D eigenvalue weighted by Crippen LogP contribution is 2.26. The number of rotatable bonds is 4. The number of carbonyl (C=O) groups is 1. The van der Waals surface area contributed by atoms with E-state index in [-0.39, 0.29) is 18.6 Å². The maximum atomic E-state index is 12.5. The lowest BCUT2D eigenvalue weighted by Crippen LogP contribution is -2.50. The van der Waals surface area contributed by atoms with E-state index in [9.17, 15) is 4.79 Å². The number of amides is 1. The van der Waals surface area contributed by atoms with Gasteiger partial charge in [-0.3, -0.25) is 4.79 Å². The molecule has 1 aliphatic heterocycles. The first kappa shape index (κ1) is 15.8. The fourth-order valence-corrected chi connectivity index (χ4v) is 3.35. The second-order valence-electron chi connectivity index (χ2n) is 6.37. The molecule has 0 radical (unpaired) electrons. The number of fused-ring (bicyclic) bond motifs is 1. The molecule has 0 bridgehead atoms. The third-order valence-electron chi connectivity index (χ3n) is 4.67. The molecular weight excluding hydrogens is 288 g/mol. The standard InChI is InChI=1S/C19H24N2O2/c1-14-9-10-21(16(11-14)12-20)19(22)13-23-18-8-4-6-15-5-2-3-7-17(15)18/h2-8,14,16H,9-13,20H2,1H3. The zero-order valence-corrected chi connectivity index (χ0v) is 13.6. The third-order valence-corrected chi connectivity index (χ3v) is 4.67. The predicted octanol–water partition coefficient (Wildman–Crippen LogP) is 2.80. The van der Waals surface area contributed by atoms with Crippen LogP contribution in [-0.4, -0.2) is 36.5 Å². The molecule has 2 N–H and O–H groups in total. The van der Waals surface area contributed by atoms with Crippen molar-refractivity contribution in [3.8, 4) is 5.75 Å². The number of likely N-dealkylation sites (tertiary alicyclic amines) is 1. The topological polar surface area (TPSA) is 55.6 Å². The summed E-state index contributed by atoms with van der Waals surface area (Å²) >= 11 is 0. The molecule has 0 aromatic heterocycles. The molecule has 23 heavy (non-hydrogen) atoms. The Balaban J connectivity index is 1.68. The first-order valence-electron chi connectivity index (χ1n) is 8.29. The first-order valence-corrected chi connectivity index (χ1v) is 8.29. The predicted molar refractivity (Wildman–Crippen MR) is 92.4 cm³/mol. The van der Waals surface area contributed by atoms with Gasteiger partial charge < -0.3 is 15.4 Å². The van der Waals surface area contributed by atoms with Gasteiger partial charge in [-0.25, -0.2) is 0 Å². The molecule has 0 spiro atoms. The fraction of sp³-hybridized carbons (Fsp3) is 0.421. The average molecular weight is 312 g/mol. The van der Waals surface area contributed by atoms with Crippen molar-refractivity contribution in [1.29, 1.82) is 0 Å². The van der Waals surface area contributed by atoms with Crippen molar-refractivity contribution in [1.82, 2.24) is 4.90 Å². The summed E-state index contributed by atoms with van der Waals surface area (Å²) in [5.41, 5.74) is 5.84. The smallest absolute Gasteiger partial charge is 0.260 e. The number of hydrogen-bond donors (Lipinski definition) is 1. The van der Waals surface area contributed by atoms with Gasteiger partial charge in [0.05, 0.1) is 0 Å². The van der Waals surface area contributed by atoms with Crippen LogP contribution in [0.1, 0.15) is 19.8 Å². The van der Waals surface area contributed by atoms with Gasteiger partial charge in [0.1, 0.15) is 5.75 Å². The van der Waals surface area contributed by atoms with Crippen LogP contribution in [0, 0.1) is 5.92 Å². The van der Waals surface area contributed by atoms with Crippen molar-refractivity contribution >= 4 is 16.7 Å². The van der Waals surface area contributed by atoms with Gasteiger partial charge in [0.15, 0.2) is 6.61 Å². The molecule has 3 rings (SSSR count). The van der Waals surface area contributed by atoms with Gasteiger partial charge in [0, 0.05) is 24.5 Å². The third kappa shape index (κ3) is 3.48. The quantitative estimate of drug-likeness (QED) is 0.944. The maximum absolute atomic E-state index is 12.5. The number of nitrogens with two attached hydrogens (primary N) is 1. The number of carbonyl (C=O) groups excluding carboxylic acids is 1. The Bertz CT molecular complexity index is 681. The molecule has 0 saturated carbocycles. The molecule has 2 unspecified atom stereocenters. The average Bonchev–Trinajstić information content (AvgIpc) is 2.59. The molecule has 1 aliphatic rings. The number of benzene rings is 2. The van der Waals surface area contributed by atoms with E-state index in [1.54, 1.807) is 0 Å². The molecule has 1 fully saturated rings. The summed E-state index contributed by atoms with van der Waals surface area (Å²) in [6.45, 7) is 3.58. The number of ether oxygens (including phenoxy) is 1. The van der Waals surface area contributed by atoms with E-state index in [1.165, 1.54) is 0 Å². The second-order valence-corrected chi connectivity index (χ2v) is 6.37. The van der Waals surface area contributed by atoms with E-state index in [0.29, 0.717) is 12.5 Å². The molecule has 0 aliphatic carbocycles. The lowest BCUT2D eigenvalue weighted by molar-refractivity contribution is -0.137. The zero-order valence-electron chi connectivity index (χ0n) is 13.6. The summed E-state index contributed by atoms with van der Waals surface area (Å²) in [7, 11) is 0. The lowest BCUT2D eigenvalue weighted by atomic mass is 9.92. The molecule has 4 nitrogen and oxygen atoms in total. The molecule has 1 heterocycles. The van der Waals surface area contributed by atoms with Gasteiger partial charge in [0.2, 0.25) is 0 Å². The Kier molecular flexibility index (Phi) is 4.82. The van der Waals surface area contributed by atoms with Gasteiger partial charge >= 0.3 is 0 Å². The van der Waals surface area contributed by atoms with Crippen LogP contribution < -0.4 is 10.5 Å². The molecule has 1 amide bonds. The minimum Gasteiger partial charge on any atom is -0.483 e. The fourth-order valence-electron chi connectivity index (χ4n) is 3.35. The van der Waals surface area contributed by atoms with Gasteiger partial charge in [-0.15, -0.1) is 0 Å². The Morgan fingerprint density at radius 3 is 2.87 bits per heavy atom. The van der Waals surface area contributed by atoms with E-state index >= 15 is 0 Å². The SMILES string of the molecule is CC1CCN(C(=O)COc2cccc3ccccc23)C(CN)C1. The summed E-state index contributed by atoms with van der Waals surface area (Å²) in [4.78, 5) is 14.4. The molecule has 1 saturated heterocycles. The van der Waals surface area contributed by atoms with E-state index in [0.717, 1.165) is 35.9 Å². The van der Waals surface area contributed by atoms with E-state index in [1.807, 2.05) is 47.4 Å². The largest absolute Gasteiger partial charge is 0.483 e. The number of nitrogens with zero attached hydrogens (tertiary/aromatic N) is 1. The summed E-state index contributed by atoms with van der Waals surface area (Å²) in [5.74, 6) is 1.41. The highest BCUT2D eigenvalue weighted by Gasteiger charge is 2.29. The van der Waals surface area contributed by atoms with Crippen molar-refractivity contribution in [3.63, 3.8) is 0 Å². The Labute approximate surface area is 137 Å². The van der Waals surface area contributed by atoms with Crippen LogP contribution in [0.5, 0.6) is 5.75 Å². The minimum atomic E-state index is 0.0280. The molecule has 4 heteroatoms. The van der Waals surface area contributed by atoms with Gasteiger partial charge in [-0.05, 0) is 30.2 Å². The monoisotopic (exact) mass is 312 g/mol. The minimum absolute atomic E-state index is 0.0280. The number of piperidine rings is 1. The van der Waals surface area contributed by atoms with E-state index < -0.39 is 0 Å².